The minimum atomic E-state index is 0.0666. The van der Waals surface area contributed by atoms with Gasteiger partial charge >= 0.3 is 5.97 Å². The van der Waals surface area contributed by atoms with Crippen LogP contribution in [0.25, 0.3) is 0 Å². The van der Waals surface area contributed by atoms with Gasteiger partial charge in [-0.25, -0.2) is 0 Å². The highest BCUT2D eigenvalue weighted by Gasteiger charge is 2.36. The van der Waals surface area contributed by atoms with Crippen LogP contribution in [0, 0.1) is 11.8 Å². The first-order chi connectivity index (χ1) is 5.38. The molecule has 0 aromatic carbocycles. The average molecular weight is 154 g/mol. The fourth-order valence-corrected chi connectivity index (χ4v) is 2.19. The van der Waals surface area contributed by atoms with Gasteiger partial charge in [-0.1, -0.05) is 19.3 Å². The van der Waals surface area contributed by atoms with E-state index in [1.54, 1.807) is 0 Å². The third kappa shape index (κ3) is 1.26. The summed E-state index contributed by atoms with van der Waals surface area (Å²) >= 11 is 0. The van der Waals surface area contributed by atoms with Gasteiger partial charge in [0.2, 0.25) is 0 Å². The summed E-state index contributed by atoms with van der Waals surface area (Å²) in [5.74, 6) is 0.888. The Morgan fingerprint density at radius 3 is 2.91 bits per heavy atom. The normalized spacial score (nSPS) is 37.6. The molecule has 0 aromatic heterocycles. The van der Waals surface area contributed by atoms with Crippen LogP contribution >= 0.6 is 0 Å². The van der Waals surface area contributed by atoms with Gasteiger partial charge in [-0.05, 0) is 12.8 Å². The Bertz CT molecular complexity index is 165. The second kappa shape index (κ2) is 2.84. The number of fused-ring (bicyclic) bond motifs is 1. The summed E-state index contributed by atoms with van der Waals surface area (Å²) in [4.78, 5) is 11.1. The van der Waals surface area contributed by atoms with E-state index in [2.05, 4.69) is 0 Å². The molecule has 1 saturated carbocycles. The Kier molecular flexibility index (Phi) is 1.84. The highest BCUT2D eigenvalue weighted by Crippen LogP contribution is 2.34. The predicted octanol–water partition coefficient (Wildman–Crippen LogP) is 1.74. The van der Waals surface area contributed by atoms with Gasteiger partial charge in [-0.15, -0.1) is 0 Å². The number of carbonyl (C=O) groups excluding carboxylic acids is 1. The summed E-state index contributed by atoms with van der Waals surface area (Å²) in [6.45, 7) is 0.698. The van der Waals surface area contributed by atoms with E-state index < -0.39 is 0 Å². The molecule has 1 heterocycles. The number of carbonyl (C=O) groups is 1. The fourth-order valence-electron chi connectivity index (χ4n) is 2.19. The van der Waals surface area contributed by atoms with Gasteiger partial charge in [0.25, 0.3) is 0 Å². The largest absolute Gasteiger partial charge is 0.465 e. The maximum atomic E-state index is 11.1. The Labute approximate surface area is 66.9 Å². The second-order valence-corrected chi connectivity index (χ2v) is 3.63. The fraction of sp³-hybridized carbons (Fsp3) is 0.889. The second-order valence-electron chi connectivity index (χ2n) is 3.63. The van der Waals surface area contributed by atoms with Crippen LogP contribution in [0.1, 0.15) is 32.1 Å². The summed E-state index contributed by atoms with van der Waals surface area (Å²) in [7, 11) is 0. The smallest absolute Gasteiger partial charge is 0.309 e. The van der Waals surface area contributed by atoms with E-state index >= 15 is 0 Å². The Balaban J connectivity index is 2.06. The Hall–Kier alpha value is -0.530. The average Bonchev–Trinajstić information content (AvgIpc) is 2.25. The van der Waals surface area contributed by atoms with E-state index in [0.29, 0.717) is 12.5 Å². The molecule has 2 aliphatic rings. The molecule has 62 valence electrons. The molecule has 0 amide bonds. The number of hydrogen-bond donors (Lipinski definition) is 0. The van der Waals surface area contributed by atoms with Crippen molar-refractivity contribution in [2.45, 2.75) is 32.1 Å². The van der Waals surface area contributed by atoms with Gasteiger partial charge < -0.3 is 4.74 Å². The molecule has 1 aliphatic heterocycles. The van der Waals surface area contributed by atoms with Gasteiger partial charge in [-0.2, -0.15) is 0 Å². The minimum absolute atomic E-state index is 0.0666. The molecular formula is C9H14O2. The highest BCUT2D eigenvalue weighted by atomic mass is 16.5. The van der Waals surface area contributed by atoms with E-state index in [1.807, 2.05) is 0 Å². The molecule has 2 heteroatoms. The summed E-state index contributed by atoms with van der Waals surface area (Å²) in [6, 6.07) is 0. The molecule has 0 bridgehead atoms. The lowest BCUT2D eigenvalue weighted by molar-refractivity contribution is -0.141. The van der Waals surface area contributed by atoms with Crippen LogP contribution in [0.3, 0.4) is 0 Å². The van der Waals surface area contributed by atoms with Crippen molar-refractivity contribution in [1.29, 1.82) is 0 Å². The van der Waals surface area contributed by atoms with E-state index in [1.165, 1.54) is 25.7 Å². The van der Waals surface area contributed by atoms with Gasteiger partial charge in [0.1, 0.15) is 0 Å². The zero-order valence-corrected chi connectivity index (χ0v) is 6.71. The molecule has 11 heavy (non-hydrogen) atoms. The van der Waals surface area contributed by atoms with E-state index in [9.17, 15) is 4.79 Å². The molecule has 0 spiro atoms. The monoisotopic (exact) mass is 154 g/mol. The third-order valence-electron chi connectivity index (χ3n) is 2.90. The van der Waals surface area contributed by atoms with Gasteiger partial charge in [0, 0.05) is 5.92 Å². The molecule has 1 saturated heterocycles. The maximum Gasteiger partial charge on any atom is 0.309 e. The molecule has 0 N–H and O–H groups in total. The molecule has 0 radical (unpaired) electrons. The van der Waals surface area contributed by atoms with Crippen LogP contribution in [-0.2, 0) is 9.53 Å². The van der Waals surface area contributed by atoms with Gasteiger partial charge in [0.05, 0.1) is 12.5 Å². The van der Waals surface area contributed by atoms with Crippen molar-refractivity contribution in [2.24, 2.45) is 11.8 Å². The van der Waals surface area contributed by atoms with Crippen molar-refractivity contribution >= 4 is 5.97 Å². The van der Waals surface area contributed by atoms with Crippen molar-refractivity contribution in [3.8, 4) is 0 Å². The highest BCUT2D eigenvalue weighted by molar-refractivity contribution is 5.74. The summed E-state index contributed by atoms with van der Waals surface area (Å²) in [5.41, 5.74) is 0. The van der Waals surface area contributed by atoms with Crippen molar-refractivity contribution < 1.29 is 9.53 Å². The van der Waals surface area contributed by atoms with E-state index in [4.69, 9.17) is 4.74 Å². The van der Waals surface area contributed by atoms with Crippen LogP contribution in [0.15, 0.2) is 0 Å². The number of esters is 1. The Morgan fingerprint density at radius 1 is 1.18 bits per heavy atom. The first-order valence-corrected chi connectivity index (χ1v) is 4.54. The predicted molar refractivity (Wildman–Crippen MR) is 41.0 cm³/mol. The number of ether oxygens (including phenoxy) is 1. The van der Waals surface area contributed by atoms with Crippen LogP contribution in [0.2, 0.25) is 0 Å². The first kappa shape index (κ1) is 7.14. The summed E-state index contributed by atoms with van der Waals surface area (Å²) in [6.07, 6.45) is 6.09. The maximum absolute atomic E-state index is 11.1. The SMILES string of the molecule is O=C1OC[C@H]2CCCCC[C@H]12. The van der Waals surface area contributed by atoms with E-state index in [0.717, 1.165) is 6.42 Å². The van der Waals surface area contributed by atoms with Gasteiger partial charge in [-0.3, -0.25) is 4.79 Å². The van der Waals surface area contributed by atoms with Gasteiger partial charge in [0.15, 0.2) is 0 Å². The standard InChI is InChI=1S/C9H14O2/c10-9-8-5-3-1-2-4-7(8)6-11-9/h7-8H,1-6H2/t7-,8+/m1/s1. The molecule has 0 aromatic rings. The lowest BCUT2D eigenvalue weighted by atomic mass is 9.91. The molecular weight excluding hydrogens is 140 g/mol. The van der Waals surface area contributed by atoms with Crippen LogP contribution in [-0.4, -0.2) is 12.6 Å². The molecule has 2 rings (SSSR count). The van der Waals surface area contributed by atoms with Crippen molar-refractivity contribution in [3.63, 3.8) is 0 Å². The summed E-state index contributed by atoms with van der Waals surface area (Å²) in [5, 5.41) is 0. The lowest BCUT2D eigenvalue weighted by Gasteiger charge is -2.08. The van der Waals surface area contributed by atoms with Crippen LogP contribution < -0.4 is 0 Å². The topological polar surface area (TPSA) is 26.3 Å². The van der Waals surface area contributed by atoms with Crippen molar-refractivity contribution in [3.05, 3.63) is 0 Å². The quantitative estimate of drug-likeness (QED) is 0.497. The van der Waals surface area contributed by atoms with E-state index in [-0.39, 0.29) is 11.9 Å². The van der Waals surface area contributed by atoms with Crippen LogP contribution in [0.5, 0.6) is 0 Å². The number of rotatable bonds is 0. The minimum Gasteiger partial charge on any atom is -0.465 e. The summed E-state index contributed by atoms with van der Waals surface area (Å²) < 4.78 is 5.02. The zero-order valence-electron chi connectivity index (χ0n) is 6.71. The van der Waals surface area contributed by atoms with Crippen LogP contribution in [0.4, 0.5) is 0 Å². The first-order valence-electron chi connectivity index (χ1n) is 4.54. The number of cyclic esters (lactones) is 1. The van der Waals surface area contributed by atoms with Crippen molar-refractivity contribution in [2.75, 3.05) is 6.61 Å². The molecule has 2 atom stereocenters. The van der Waals surface area contributed by atoms with Crippen molar-refractivity contribution in [1.82, 2.24) is 0 Å². The Morgan fingerprint density at radius 2 is 2.00 bits per heavy atom. The lowest BCUT2D eigenvalue weighted by Crippen LogP contribution is -2.13. The molecule has 1 aliphatic carbocycles. The molecule has 0 unspecified atom stereocenters. The molecule has 2 fully saturated rings. The number of hydrogen-bond acceptors (Lipinski definition) is 2. The zero-order chi connectivity index (χ0) is 7.68. The third-order valence-corrected chi connectivity index (χ3v) is 2.90. The molecule has 2 nitrogen and oxygen atoms in total.